The number of likely N-dealkylation sites (N-methyl/N-ethyl adjacent to an activating group) is 1. The molecule has 0 radical (unpaired) electrons. The molecule has 19 heavy (non-hydrogen) atoms. The third-order valence-electron chi connectivity index (χ3n) is 3.50. The van der Waals surface area contributed by atoms with Gasteiger partial charge in [0.25, 0.3) is 0 Å². The van der Waals surface area contributed by atoms with Gasteiger partial charge in [0.2, 0.25) is 5.95 Å². The third-order valence-corrected chi connectivity index (χ3v) is 3.50. The monoisotopic (exact) mass is 257 g/mol. The van der Waals surface area contributed by atoms with Crippen LogP contribution < -0.4 is 10.2 Å². The SMILES string of the molecule is CN1CCc2cc(CNc3ccc(F)nc3)ccc21. The van der Waals surface area contributed by atoms with E-state index in [0.29, 0.717) is 0 Å². The predicted octanol–water partition coefficient (Wildman–Crippen LogP) is 2.83. The van der Waals surface area contributed by atoms with Gasteiger partial charge in [-0.2, -0.15) is 4.39 Å². The number of nitrogens with zero attached hydrogens (tertiary/aromatic N) is 2. The van der Waals surface area contributed by atoms with Crippen LogP contribution >= 0.6 is 0 Å². The maximum atomic E-state index is 12.7. The first-order chi connectivity index (χ1) is 9.22. The largest absolute Gasteiger partial charge is 0.380 e. The van der Waals surface area contributed by atoms with Crippen LogP contribution in [0.2, 0.25) is 0 Å². The second-order valence-corrected chi connectivity index (χ2v) is 4.86. The Balaban J connectivity index is 1.69. The Kier molecular flexibility index (Phi) is 3.07. The molecule has 1 aromatic heterocycles. The van der Waals surface area contributed by atoms with Crippen molar-refractivity contribution in [2.24, 2.45) is 0 Å². The quantitative estimate of drug-likeness (QED) is 0.857. The molecule has 2 heterocycles. The molecule has 1 aromatic carbocycles. The summed E-state index contributed by atoms with van der Waals surface area (Å²) < 4.78 is 12.7. The smallest absolute Gasteiger partial charge is 0.212 e. The molecule has 0 unspecified atom stereocenters. The standard InChI is InChI=1S/C15H16FN3/c1-19-7-6-12-8-11(2-4-14(12)19)9-17-13-3-5-15(16)18-10-13/h2-5,8,10,17H,6-7,9H2,1H3. The first-order valence-electron chi connectivity index (χ1n) is 6.41. The molecule has 3 rings (SSSR count). The van der Waals surface area contributed by atoms with Crippen molar-refractivity contribution in [2.75, 3.05) is 23.8 Å². The van der Waals surface area contributed by atoms with Gasteiger partial charge in [0.1, 0.15) is 0 Å². The molecule has 0 amide bonds. The second-order valence-electron chi connectivity index (χ2n) is 4.86. The van der Waals surface area contributed by atoms with Gasteiger partial charge in [0.05, 0.1) is 11.9 Å². The minimum absolute atomic E-state index is 0.453. The molecule has 2 aromatic rings. The Bertz CT molecular complexity index is 580. The first-order valence-corrected chi connectivity index (χ1v) is 6.41. The highest BCUT2D eigenvalue weighted by molar-refractivity contribution is 5.58. The van der Waals surface area contributed by atoms with Gasteiger partial charge in [0, 0.05) is 25.8 Å². The molecule has 0 fully saturated rings. The molecule has 4 heteroatoms. The van der Waals surface area contributed by atoms with Crippen molar-refractivity contribution < 1.29 is 4.39 Å². The van der Waals surface area contributed by atoms with Gasteiger partial charge in [-0.05, 0) is 35.7 Å². The summed E-state index contributed by atoms with van der Waals surface area (Å²) >= 11 is 0. The van der Waals surface area contributed by atoms with Crippen LogP contribution in [0.5, 0.6) is 0 Å². The summed E-state index contributed by atoms with van der Waals surface area (Å²) in [7, 11) is 2.12. The van der Waals surface area contributed by atoms with Gasteiger partial charge in [-0.25, -0.2) is 4.98 Å². The summed E-state index contributed by atoms with van der Waals surface area (Å²) in [5, 5.41) is 3.25. The van der Waals surface area contributed by atoms with Gasteiger partial charge in [0.15, 0.2) is 0 Å². The Morgan fingerprint density at radius 3 is 3.00 bits per heavy atom. The number of rotatable bonds is 3. The van der Waals surface area contributed by atoms with E-state index in [2.05, 4.69) is 40.4 Å². The molecule has 0 saturated heterocycles. The van der Waals surface area contributed by atoms with Gasteiger partial charge in [-0.15, -0.1) is 0 Å². The van der Waals surface area contributed by atoms with E-state index in [1.54, 1.807) is 6.07 Å². The number of hydrogen-bond acceptors (Lipinski definition) is 3. The molecular weight excluding hydrogens is 241 g/mol. The van der Waals surface area contributed by atoms with Crippen LogP contribution in [0.15, 0.2) is 36.5 Å². The lowest BCUT2D eigenvalue weighted by Gasteiger charge is -2.12. The zero-order valence-corrected chi connectivity index (χ0v) is 10.9. The van der Waals surface area contributed by atoms with Crippen LogP contribution in [0.1, 0.15) is 11.1 Å². The fourth-order valence-electron chi connectivity index (χ4n) is 2.41. The van der Waals surface area contributed by atoms with Crippen LogP contribution in [-0.4, -0.2) is 18.6 Å². The third kappa shape index (κ3) is 2.52. The summed E-state index contributed by atoms with van der Waals surface area (Å²) in [6.45, 7) is 1.82. The van der Waals surface area contributed by atoms with E-state index in [-0.39, 0.29) is 0 Å². The van der Waals surface area contributed by atoms with E-state index in [9.17, 15) is 4.39 Å². The number of aromatic nitrogens is 1. The summed E-state index contributed by atoms with van der Waals surface area (Å²) in [6.07, 6.45) is 2.62. The average molecular weight is 257 g/mol. The van der Waals surface area contributed by atoms with E-state index < -0.39 is 5.95 Å². The number of pyridine rings is 1. The van der Waals surface area contributed by atoms with E-state index in [0.717, 1.165) is 25.2 Å². The van der Waals surface area contributed by atoms with Crippen LogP contribution in [0.4, 0.5) is 15.8 Å². The number of anilines is 2. The topological polar surface area (TPSA) is 28.2 Å². The van der Waals surface area contributed by atoms with E-state index in [1.165, 1.54) is 29.1 Å². The normalized spacial score (nSPS) is 13.5. The van der Waals surface area contributed by atoms with Crippen molar-refractivity contribution in [3.63, 3.8) is 0 Å². The van der Waals surface area contributed by atoms with Gasteiger partial charge >= 0.3 is 0 Å². The molecule has 1 aliphatic rings. The van der Waals surface area contributed by atoms with Gasteiger partial charge < -0.3 is 10.2 Å². The van der Waals surface area contributed by atoms with Gasteiger partial charge in [-0.3, -0.25) is 0 Å². The minimum Gasteiger partial charge on any atom is -0.380 e. The van der Waals surface area contributed by atoms with Crippen LogP contribution in [-0.2, 0) is 13.0 Å². The van der Waals surface area contributed by atoms with Crippen LogP contribution in [0.3, 0.4) is 0 Å². The Hall–Kier alpha value is -2.10. The van der Waals surface area contributed by atoms with Crippen molar-refractivity contribution in [3.8, 4) is 0 Å². The highest BCUT2D eigenvalue weighted by atomic mass is 19.1. The lowest BCUT2D eigenvalue weighted by molar-refractivity contribution is 0.584. The maximum absolute atomic E-state index is 12.7. The maximum Gasteiger partial charge on any atom is 0.212 e. The lowest BCUT2D eigenvalue weighted by Crippen LogP contribution is -2.12. The molecule has 3 nitrogen and oxygen atoms in total. The lowest BCUT2D eigenvalue weighted by atomic mass is 10.1. The number of halogens is 1. The molecule has 0 aliphatic carbocycles. The molecule has 0 atom stereocenters. The zero-order chi connectivity index (χ0) is 13.2. The highest BCUT2D eigenvalue weighted by Gasteiger charge is 2.15. The zero-order valence-electron chi connectivity index (χ0n) is 10.9. The summed E-state index contributed by atoms with van der Waals surface area (Å²) in [5.41, 5.74) is 4.80. The summed E-state index contributed by atoms with van der Waals surface area (Å²) in [5.74, 6) is -0.453. The Labute approximate surface area is 112 Å². The fraction of sp³-hybridized carbons (Fsp3) is 0.267. The average Bonchev–Trinajstić information content (AvgIpc) is 2.79. The first kappa shape index (κ1) is 12.0. The highest BCUT2D eigenvalue weighted by Crippen LogP contribution is 2.27. The molecule has 0 spiro atoms. The summed E-state index contributed by atoms with van der Waals surface area (Å²) in [6, 6.07) is 9.60. The van der Waals surface area contributed by atoms with Crippen molar-refractivity contribution in [2.45, 2.75) is 13.0 Å². The Morgan fingerprint density at radius 1 is 1.32 bits per heavy atom. The van der Waals surface area contributed by atoms with Crippen molar-refractivity contribution in [3.05, 3.63) is 53.6 Å². The molecule has 0 bridgehead atoms. The molecule has 98 valence electrons. The van der Waals surface area contributed by atoms with Crippen molar-refractivity contribution in [1.82, 2.24) is 4.98 Å². The van der Waals surface area contributed by atoms with E-state index >= 15 is 0 Å². The number of fused-ring (bicyclic) bond motifs is 1. The number of hydrogen-bond donors (Lipinski definition) is 1. The minimum atomic E-state index is -0.453. The fourth-order valence-corrected chi connectivity index (χ4v) is 2.41. The molecule has 0 saturated carbocycles. The van der Waals surface area contributed by atoms with E-state index in [4.69, 9.17) is 0 Å². The van der Waals surface area contributed by atoms with Crippen molar-refractivity contribution in [1.29, 1.82) is 0 Å². The second kappa shape index (κ2) is 4.88. The van der Waals surface area contributed by atoms with Gasteiger partial charge in [-0.1, -0.05) is 12.1 Å². The summed E-state index contributed by atoms with van der Waals surface area (Å²) in [4.78, 5) is 5.90. The predicted molar refractivity (Wildman–Crippen MR) is 74.9 cm³/mol. The molecule has 1 aliphatic heterocycles. The number of benzene rings is 1. The Morgan fingerprint density at radius 2 is 2.21 bits per heavy atom. The van der Waals surface area contributed by atoms with Crippen LogP contribution in [0.25, 0.3) is 0 Å². The number of nitrogens with one attached hydrogen (secondary N) is 1. The van der Waals surface area contributed by atoms with Crippen molar-refractivity contribution >= 4 is 11.4 Å². The van der Waals surface area contributed by atoms with E-state index in [1.807, 2.05) is 0 Å². The molecule has 1 N–H and O–H groups in total. The molecular formula is C15H16FN3. The van der Waals surface area contributed by atoms with Crippen LogP contribution in [0, 0.1) is 5.95 Å².